The summed E-state index contributed by atoms with van der Waals surface area (Å²) in [5.41, 5.74) is 9.27. The predicted molar refractivity (Wildman–Crippen MR) is 75.9 cm³/mol. The molecule has 0 bridgehead atoms. The highest BCUT2D eigenvalue weighted by Gasteiger charge is 2.18. The normalized spacial score (nSPS) is 18.8. The summed E-state index contributed by atoms with van der Waals surface area (Å²) in [6, 6.07) is 6.22. The van der Waals surface area contributed by atoms with E-state index in [0.717, 1.165) is 36.5 Å². The van der Waals surface area contributed by atoms with E-state index in [4.69, 9.17) is 10.2 Å². The Kier molecular flexibility index (Phi) is 3.53. The molecule has 1 unspecified atom stereocenters. The highest BCUT2D eigenvalue weighted by atomic mass is 16.3. The Morgan fingerprint density at radius 1 is 1.42 bits per heavy atom. The van der Waals surface area contributed by atoms with Crippen molar-refractivity contribution in [3.05, 3.63) is 29.7 Å². The fourth-order valence-corrected chi connectivity index (χ4v) is 2.90. The Labute approximate surface area is 113 Å². The maximum Gasteiger partial charge on any atom is 0.192 e. The summed E-state index contributed by atoms with van der Waals surface area (Å²) < 4.78 is 5.49. The van der Waals surface area contributed by atoms with Crippen molar-refractivity contribution in [2.45, 2.75) is 32.2 Å². The molecular weight excluding hydrogens is 238 g/mol. The highest BCUT2D eigenvalue weighted by Crippen LogP contribution is 2.27. The van der Waals surface area contributed by atoms with Crippen LogP contribution in [-0.2, 0) is 0 Å². The first-order valence-electron chi connectivity index (χ1n) is 7.06. The van der Waals surface area contributed by atoms with Crippen molar-refractivity contribution in [2.75, 3.05) is 13.1 Å². The topological polar surface area (TPSA) is 64.1 Å². The highest BCUT2D eigenvalue weighted by molar-refractivity contribution is 5.73. The van der Waals surface area contributed by atoms with Crippen LogP contribution in [0.25, 0.3) is 11.1 Å². The molecule has 0 spiro atoms. The van der Waals surface area contributed by atoms with E-state index in [2.05, 4.69) is 22.4 Å². The molecule has 0 saturated carbocycles. The average Bonchev–Trinajstić information content (AvgIpc) is 2.78. The van der Waals surface area contributed by atoms with Crippen molar-refractivity contribution >= 4 is 11.1 Å². The standard InChI is InChI=1S/C15H21N3O/c1-10-18-14-9-12(2-3-15(14)19-10)13(16)8-11-4-6-17-7-5-11/h2-3,9,11,13,17H,4-8,16H2,1H3. The number of aromatic nitrogens is 1. The van der Waals surface area contributed by atoms with Gasteiger partial charge in [0.05, 0.1) is 0 Å². The summed E-state index contributed by atoms with van der Waals surface area (Å²) in [7, 11) is 0. The number of nitrogens with zero attached hydrogens (tertiary/aromatic N) is 1. The van der Waals surface area contributed by atoms with E-state index < -0.39 is 0 Å². The smallest absolute Gasteiger partial charge is 0.192 e. The van der Waals surface area contributed by atoms with Gasteiger partial charge in [0.2, 0.25) is 0 Å². The van der Waals surface area contributed by atoms with Gasteiger partial charge in [-0.3, -0.25) is 0 Å². The number of fused-ring (bicyclic) bond motifs is 1. The molecule has 1 aromatic heterocycles. The minimum Gasteiger partial charge on any atom is -0.441 e. The number of aryl methyl sites for hydroxylation is 1. The zero-order valence-electron chi connectivity index (χ0n) is 11.4. The summed E-state index contributed by atoms with van der Waals surface area (Å²) in [5, 5.41) is 3.39. The van der Waals surface area contributed by atoms with Gasteiger partial charge in [0.1, 0.15) is 5.52 Å². The molecule has 2 aromatic rings. The quantitative estimate of drug-likeness (QED) is 0.889. The maximum absolute atomic E-state index is 6.34. The van der Waals surface area contributed by atoms with Crippen LogP contribution in [0.4, 0.5) is 0 Å². The van der Waals surface area contributed by atoms with Gasteiger partial charge in [0.15, 0.2) is 11.5 Å². The van der Waals surface area contributed by atoms with E-state index in [1.54, 1.807) is 0 Å². The van der Waals surface area contributed by atoms with Crippen LogP contribution in [0.1, 0.15) is 36.8 Å². The number of benzene rings is 1. The van der Waals surface area contributed by atoms with Crippen molar-refractivity contribution in [3.8, 4) is 0 Å². The first-order valence-corrected chi connectivity index (χ1v) is 7.06. The first kappa shape index (κ1) is 12.6. The molecule has 1 saturated heterocycles. The number of hydrogen-bond acceptors (Lipinski definition) is 4. The van der Waals surface area contributed by atoms with Gasteiger partial charge in [-0.1, -0.05) is 6.07 Å². The second-order valence-corrected chi connectivity index (χ2v) is 5.50. The van der Waals surface area contributed by atoms with Gasteiger partial charge >= 0.3 is 0 Å². The van der Waals surface area contributed by atoms with Crippen LogP contribution in [-0.4, -0.2) is 18.1 Å². The van der Waals surface area contributed by atoms with Crippen LogP contribution in [0.5, 0.6) is 0 Å². The van der Waals surface area contributed by atoms with Crippen LogP contribution >= 0.6 is 0 Å². The number of oxazole rings is 1. The predicted octanol–water partition coefficient (Wildman–Crippen LogP) is 2.53. The van der Waals surface area contributed by atoms with E-state index in [9.17, 15) is 0 Å². The molecule has 1 aliphatic heterocycles. The molecule has 4 heteroatoms. The number of hydrogen-bond donors (Lipinski definition) is 2. The summed E-state index contributed by atoms with van der Waals surface area (Å²) in [6.45, 7) is 4.12. The van der Waals surface area contributed by atoms with E-state index in [1.165, 1.54) is 18.4 Å². The van der Waals surface area contributed by atoms with Crippen LogP contribution < -0.4 is 11.1 Å². The lowest BCUT2D eigenvalue weighted by molar-refractivity contribution is 0.333. The molecule has 3 N–H and O–H groups in total. The summed E-state index contributed by atoms with van der Waals surface area (Å²) in [6.07, 6.45) is 3.53. The number of piperidine rings is 1. The molecule has 0 aliphatic carbocycles. The van der Waals surface area contributed by atoms with Crippen LogP contribution in [0.3, 0.4) is 0 Å². The largest absolute Gasteiger partial charge is 0.441 e. The molecular formula is C15H21N3O. The van der Waals surface area contributed by atoms with E-state index in [-0.39, 0.29) is 6.04 Å². The Morgan fingerprint density at radius 2 is 2.21 bits per heavy atom. The fraction of sp³-hybridized carbons (Fsp3) is 0.533. The lowest BCUT2D eigenvalue weighted by atomic mass is 9.89. The van der Waals surface area contributed by atoms with Gasteiger partial charge < -0.3 is 15.5 Å². The molecule has 1 fully saturated rings. The number of nitrogens with two attached hydrogens (primary N) is 1. The minimum absolute atomic E-state index is 0.101. The van der Waals surface area contributed by atoms with Gasteiger partial charge in [0, 0.05) is 13.0 Å². The van der Waals surface area contributed by atoms with Crippen molar-refractivity contribution in [1.29, 1.82) is 0 Å². The number of rotatable bonds is 3. The number of nitrogens with one attached hydrogen (secondary N) is 1. The molecule has 3 rings (SSSR count). The molecule has 1 aromatic carbocycles. The Bertz CT molecular complexity index is 558. The summed E-state index contributed by atoms with van der Waals surface area (Å²) in [5.74, 6) is 1.45. The van der Waals surface area contributed by atoms with Crippen molar-refractivity contribution in [2.24, 2.45) is 11.7 Å². The fourth-order valence-electron chi connectivity index (χ4n) is 2.90. The van der Waals surface area contributed by atoms with E-state index >= 15 is 0 Å². The SMILES string of the molecule is Cc1nc2cc(C(N)CC3CCNCC3)ccc2o1. The lowest BCUT2D eigenvalue weighted by Crippen LogP contribution is -2.29. The third-order valence-corrected chi connectivity index (χ3v) is 3.99. The second-order valence-electron chi connectivity index (χ2n) is 5.50. The van der Waals surface area contributed by atoms with E-state index in [1.807, 2.05) is 13.0 Å². The molecule has 1 atom stereocenters. The van der Waals surface area contributed by atoms with Crippen LogP contribution in [0.15, 0.2) is 22.6 Å². The molecule has 1 aliphatic rings. The van der Waals surface area contributed by atoms with Crippen molar-refractivity contribution in [3.63, 3.8) is 0 Å². The molecule has 19 heavy (non-hydrogen) atoms. The van der Waals surface area contributed by atoms with Gasteiger partial charge in [-0.05, 0) is 56.0 Å². The summed E-state index contributed by atoms with van der Waals surface area (Å²) >= 11 is 0. The minimum atomic E-state index is 0.101. The molecule has 2 heterocycles. The van der Waals surface area contributed by atoms with Crippen LogP contribution in [0, 0.1) is 12.8 Å². The van der Waals surface area contributed by atoms with Gasteiger partial charge in [-0.15, -0.1) is 0 Å². The molecule has 4 nitrogen and oxygen atoms in total. The van der Waals surface area contributed by atoms with Crippen molar-refractivity contribution < 1.29 is 4.42 Å². The Hall–Kier alpha value is -1.39. The maximum atomic E-state index is 6.34. The second kappa shape index (κ2) is 5.31. The summed E-state index contributed by atoms with van der Waals surface area (Å²) in [4.78, 5) is 4.37. The molecule has 102 valence electrons. The Morgan fingerprint density at radius 3 is 3.00 bits per heavy atom. The van der Waals surface area contributed by atoms with Crippen molar-refractivity contribution in [1.82, 2.24) is 10.3 Å². The average molecular weight is 259 g/mol. The monoisotopic (exact) mass is 259 g/mol. The Balaban J connectivity index is 1.74. The first-order chi connectivity index (χ1) is 9.22. The third kappa shape index (κ3) is 2.80. The molecule has 0 radical (unpaired) electrons. The zero-order chi connectivity index (χ0) is 13.2. The lowest BCUT2D eigenvalue weighted by Gasteiger charge is -2.25. The third-order valence-electron chi connectivity index (χ3n) is 3.99. The van der Waals surface area contributed by atoms with Gasteiger partial charge in [0.25, 0.3) is 0 Å². The molecule has 0 amide bonds. The van der Waals surface area contributed by atoms with E-state index in [0.29, 0.717) is 5.89 Å². The zero-order valence-corrected chi connectivity index (χ0v) is 11.4. The van der Waals surface area contributed by atoms with Gasteiger partial charge in [-0.2, -0.15) is 0 Å². The van der Waals surface area contributed by atoms with Crippen LogP contribution in [0.2, 0.25) is 0 Å². The van der Waals surface area contributed by atoms with Gasteiger partial charge in [-0.25, -0.2) is 4.98 Å².